The van der Waals surface area contributed by atoms with Crippen LogP contribution in [0.3, 0.4) is 0 Å². The van der Waals surface area contributed by atoms with Gasteiger partial charge in [-0.2, -0.15) is 0 Å². The molecule has 1 aliphatic rings. The fourth-order valence-electron chi connectivity index (χ4n) is 2.47. The normalized spacial score (nSPS) is 15.1. The van der Waals surface area contributed by atoms with Gasteiger partial charge in [0.05, 0.1) is 0 Å². The Balaban J connectivity index is 1.98. The molecule has 96 valence electrons. The third-order valence-electron chi connectivity index (χ3n) is 3.68. The lowest BCUT2D eigenvalue weighted by Crippen LogP contribution is -1.87. The van der Waals surface area contributed by atoms with Crippen molar-refractivity contribution in [2.75, 3.05) is 0 Å². The molecule has 0 bridgehead atoms. The third kappa shape index (κ3) is 5.39. The van der Waals surface area contributed by atoms with Crippen LogP contribution in [0.1, 0.15) is 71.6 Å². The standard InChI is InChI=1S/C17H28/c1-4-5-6-7-8-9-10-11-12-17-15(2)13-14-16(17)3/h13-14H,2,4-12H2,1,3H3. The van der Waals surface area contributed by atoms with E-state index in [-0.39, 0.29) is 0 Å². The van der Waals surface area contributed by atoms with E-state index >= 15 is 0 Å². The summed E-state index contributed by atoms with van der Waals surface area (Å²) in [5.41, 5.74) is 4.17. The summed E-state index contributed by atoms with van der Waals surface area (Å²) in [6.07, 6.45) is 16.8. The first-order valence-electron chi connectivity index (χ1n) is 7.32. The fraction of sp³-hybridized carbons (Fsp3) is 0.647. The van der Waals surface area contributed by atoms with Gasteiger partial charge >= 0.3 is 0 Å². The lowest BCUT2D eigenvalue weighted by molar-refractivity contribution is 0.575. The van der Waals surface area contributed by atoms with Gasteiger partial charge in [0, 0.05) is 0 Å². The Hall–Kier alpha value is -0.780. The van der Waals surface area contributed by atoms with Crippen molar-refractivity contribution in [2.24, 2.45) is 0 Å². The van der Waals surface area contributed by atoms with Gasteiger partial charge in [-0.3, -0.25) is 0 Å². The summed E-state index contributed by atoms with van der Waals surface area (Å²) in [5, 5.41) is 0. The quantitative estimate of drug-likeness (QED) is 0.430. The van der Waals surface area contributed by atoms with E-state index in [0.717, 1.165) is 0 Å². The smallest absolute Gasteiger partial charge is 0.0271 e. The van der Waals surface area contributed by atoms with E-state index in [1.165, 1.54) is 74.5 Å². The average molecular weight is 232 g/mol. The topological polar surface area (TPSA) is 0 Å². The van der Waals surface area contributed by atoms with Crippen LogP contribution in [-0.2, 0) is 0 Å². The summed E-state index contributed by atoms with van der Waals surface area (Å²) in [6.45, 7) is 8.57. The first-order chi connectivity index (χ1) is 8.25. The Labute approximate surface area is 108 Å². The minimum absolute atomic E-state index is 1.23. The van der Waals surface area contributed by atoms with Crippen LogP contribution >= 0.6 is 0 Å². The van der Waals surface area contributed by atoms with Gasteiger partial charge in [0.25, 0.3) is 0 Å². The Morgan fingerprint density at radius 3 is 2.00 bits per heavy atom. The highest BCUT2D eigenvalue weighted by molar-refractivity contribution is 5.51. The zero-order valence-electron chi connectivity index (χ0n) is 11.7. The molecular formula is C17H28. The summed E-state index contributed by atoms with van der Waals surface area (Å²) in [7, 11) is 0. The van der Waals surface area contributed by atoms with Crippen LogP contribution in [0.4, 0.5) is 0 Å². The zero-order valence-corrected chi connectivity index (χ0v) is 11.7. The highest BCUT2D eigenvalue weighted by atomic mass is 14.1. The van der Waals surface area contributed by atoms with Gasteiger partial charge in [-0.1, -0.05) is 70.6 Å². The Kier molecular flexibility index (Phi) is 7.00. The van der Waals surface area contributed by atoms with Crippen molar-refractivity contribution in [1.82, 2.24) is 0 Å². The van der Waals surface area contributed by atoms with Gasteiger partial charge in [-0.25, -0.2) is 0 Å². The summed E-state index contributed by atoms with van der Waals surface area (Å²) >= 11 is 0. The van der Waals surface area contributed by atoms with Crippen molar-refractivity contribution >= 4 is 0 Å². The maximum atomic E-state index is 4.09. The molecule has 0 heteroatoms. The molecule has 0 aliphatic heterocycles. The molecule has 0 aromatic carbocycles. The predicted octanol–water partition coefficient (Wildman–Crippen LogP) is 5.96. The SMILES string of the molecule is C=C1C=CC(C)=C1CCCCCCCCCC. The average Bonchev–Trinajstić information content (AvgIpc) is 2.63. The zero-order chi connectivity index (χ0) is 12.5. The molecule has 0 atom stereocenters. The molecule has 0 aromatic rings. The van der Waals surface area contributed by atoms with Crippen LogP contribution < -0.4 is 0 Å². The van der Waals surface area contributed by atoms with E-state index in [4.69, 9.17) is 0 Å². The van der Waals surface area contributed by atoms with Crippen LogP contribution in [0.25, 0.3) is 0 Å². The van der Waals surface area contributed by atoms with Gasteiger partial charge in [-0.15, -0.1) is 0 Å². The van der Waals surface area contributed by atoms with Crippen molar-refractivity contribution in [3.63, 3.8) is 0 Å². The van der Waals surface area contributed by atoms with Crippen molar-refractivity contribution in [3.05, 3.63) is 35.5 Å². The number of rotatable bonds is 9. The molecule has 0 saturated heterocycles. The molecule has 0 saturated carbocycles. The van der Waals surface area contributed by atoms with Crippen molar-refractivity contribution in [1.29, 1.82) is 0 Å². The summed E-state index contributed by atoms with van der Waals surface area (Å²) in [5.74, 6) is 0. The van der Waals surface area contributed by atoms with Gasteiger partial charge in [-0.05, 0) is 36.5 Å². The predicted molar refractivity (Wildman–Crippen MR) is 78.2 cm³/mol. The maximum Gasteiger partial charge on any atom is -0.0271 e. The molecule has 1 aliphatic carbocycles. The highest BCUT2D eigenvalue weighted by Crippen LogP contribution is 2.27. The fourth-order valence-corrected chi connectivity index (χ4v) is 2.47. The second-order valence-corrected chi connectivity index (χ2v) is 5.25. The number of allylic oxidation sites excluding steroid dienone is 5. The molecule has 0 heterocycles. The summed E-state index contributed by atoms with van der Waals surface area (Å²) in [6, 6.07) is 0. The van der Waals surface area contributed by atoms with E-state index in [1.54, 1.807) is 0 Å². The first-order valence-corrected chi connectivity index (χ1v) is 7.32. The second-order valence-electron chi connectivity index (χ2n) is 5.25. The molecule has 0 amide bonds. The van der Waals surface area contributed by atoms with Crippen LogP contribution in [0, 0.1) is 0 Å². The van der Waals surface area contributed by atoms with E-state index in [0.29, 0.717) is 0 Å². The molecule has 17 heavy (non-hydrogen) atoms. The molecule has 0 aromatic heterocycles. The van der Waals surface area contributed by atoms with E-state index in [2.05, 4.69) is 32.6 Å². The van der Waals surface area contributed by atoms with Crippen LogP contribution in [0.2, 0.25) is 0 Å². The minimum Gasteiger partial charge on any atom is -0.0915 e. The molecule has 0 unspecified atom stereocenters. The van der Waals surface area contributed by atoms with Crippen LogP contribution in [0.15, 0.2) is 35.5 Å². The largest absolute Gasteiger partial charge is 0.0915 e. The number of hydrogen-bond donors (Lipinski definition) is 0. The first kappa shape index (κ1) is 14.3. The van der Waals surface area contributed by atoms with Gasteiger partial charge in [0.15, 0.2) is 0 Å². The molecule has 0 fully saturated rings. The molecule has 0 spiro atoms. The van der Waals surface area contributed by atoms with Gasteiger partial charge in [0.2, 0.25) is 0 Å². The monoisotopic (exact) mass is 232 g/mol. The molecule has 0 radical (unpaired) electrons. The molecule has 0 N–H and O–H groups in total. The van der Waals surface area contributed by atoms with Crippen LogP contribution in [0.5, 0.6) is 0 Å². The lowest BCUT2D eigenvalue weighted by atomic mass is 10.00. The Morgan fingerprint density at radius 2 is 1.47 bits per heavy atom. The van der Waals surface area contributed by atoms with Crippen LogP contribution in [-0.4, -0.2) is 0 Å². The van der Waals surface area contributed by atoms with E-state index < -0.39 is 0 Å². The molecule has 1 rings (SSSR count). The van der Waals surface area contributed by atoms with Crippen molar-refractivity contribution < 1.29 is 0 Å². The van der Waals surface area contributed by atoms with Crippen molar-refractivity contribution in [3.8, 4) is 0 Å². The third-order valence-corrected chi connectivity index (χ3v) is 3.68. The lowest BCUT2D eigenvalue weighted by Gasteiger charge is -2.06. The van der Waals surface area contributed by atoms with E-state index in [9.17, 15) is 0 Å². The van der Waals surface area contributed by atoms with Gasteiger partial charge < -0.3 is 0 Å². The van der Waals surface area contributed by atoms with E-state index in [1.807, 2.05) is 0 Å². The number of unbranched alkanes of at least 4 members (excludes halogenated alkanes) is 7. The van der Waals surface area contributed by atoms with Crippen molar-refractivity contribution in [2.45, 2.75) is 71.6 Å². The highest BCUT2D eigenvalue weighted by Gasteiger charge is 2.08. The Bertz CT molecular complexity index is 291. The summed E-state index contributed by atoms with van der Waals surface area (Å²) < 4.78 is 0. The molecule has 0 nitrogen and oxygen atoms in total. The Morgan fingerprint density at radius 1 is 0.882 bits per heavy atom. The summed E-state index contributed by atoms with van der Waals surface area (Å²) in [4.78, 5) is 0. The van der Waals surface area contributed by atoms with Gasteiger partial charge in [0.1, 0.15) is 0 Å². The number of hydrogen-bond acceptors (Lipinski definition) is 0. The minimum atomic E-state index is 1.23. The molecular weight excluding hydrogens is 204 g/mol. The second kappa shape index (κ2) is 8.33. The maximum absolute atomic E-state index is 4.09.